The van der Waals surface area contributed by atoms with E-state index in [1.165, 1.54) is 17.7 Å². The number of aromatic nitrogens is 2. The second kappa shape index (κ2) is 4.99. The van der Waals surface area contributed by atoms with Crippen LogP contribution in [0.5, 0.6) is 0 Å². The van der Waals surface area contributed by atoms with E-state index in [1.807, 2.05) is 0 Å². The molecule has 2 rings (SSSR count). The Bertz CT molecular complexity index is 645. The molecule has 1 aliphatic rings. The Hall–Kier alpha value is -1.73. The molecular weight excluding hydrogens is 267 g/mol. The van der Waals surface area contributed by atoms with Gasteiger partial charge in [0.1, 0.15) is 6.67 Å². The second-order valence-electron chi connectivity index (χ2n) is 5.22. The van der Waals surface area contributed by atoms with Gasteiger partial charge in [0.2, 0.25) is 0 Å². The smallest absolute Gasteiger partial charge is 0.328 e. The third-order valence-corrected chi connectivity index (χ3v) is 4.13. The fraction of sp³-hybridized carbons (Fsp3) is 0.538. The van der Waals surface area contributed by atoms with Crippen molar-refractivity contribution < 1.29 is 14.6 Å². The SMILES string of the molecule is C=C1[C@@H](n2cc(C)c(=O)[nH]c2=O)C[C@H](O)[C@]1(CO)CF. The van der Waals surface area contributed by atoms with Crippen LogP contribution in [-0.4, -0.2) is 39.1 Å². The number of rotatable bonds is 3. The number of aliphatic hydroxyl groups excluding tert-OH is 2. The molecule has 0 radical (unpaired) electrons. The van der Waals surface area contributed by atoms with Gasteiger partial charge in [-0.3, -0.25) is 14.3 Å². The van der Waals surface area contributed by atoms with Gasteiger partial charge in [0.05, 0.1) is 24.2 Å². The molecule has 0 aliphatic heterocycles. The van der Waals surface area contributed by atoms with Crippen molar-refractivity contribution in [1.82, 2.24) is 9.55 Å². The first-order valence-electron chi connectivity index (χ1n) is 6.23. The topological polar surface area (TPSA) is 95.3 Å². The molecule has 1 aromatic rings. The molecule has 0 spiro atoms. The summed E-state index contributed by atoms with van der Waals surface area (Å²) in [6, 6.07) is -0.657. The third-order valence-electron chi connectivity index (χ3n) is 4.13. The van der Waals surface area contributed by atoms with Crippen molar-refractivity contribution >= 4 is 0 Å². The highest BCUT2D eigenvalue weighted by Crippen LogP contribution is 2.47. The van der Waals surface area contributed by atoms with E-state index < -0.39 is 42.1 Å². The maximum absolute atomic E-state index is 13.3. The Labute approximate surface area is 114 Å². The number of aromatic amines is 1. The lowest BCUT2D eigenvalue weighted by atomic mass is 9.83. The maximum atomic E-state index is 13.3. The zero-order valence-electron chi connectivity index (χ0n) is 11.1. The molecule has 7 heteroatoms. The molecule has 0 amide bonds. The second-order valence-corrected chi connectivity index (χ2v) is 5.22. The van der Waals surface area contributed by atoms with Crippen LogP contribution >= 0.6 is 0 Å². The molecule has 1 aromatic heterocycles. The van der Waals surface area contributed by atoms with Crippen LogP contribution in [-0.2, 0) is 0 Å². The molecular formula is C13H17FN2O4. The molecule has 3 N–H and O–H groups in total. The van der Waals surface area contributed by atoms with Gasteiger partial charge in [-0.15, -0.1) is 0 Å². The van der Waals surface area contributed by atoms with Crippen LogP contribution in [0.2, 0.25) is 0 Å². The summed E-state index contributed by atoms with van der Waals surface area (Å²) in [4.78, 5) is 25.4. The summed E-state index contributed by atoms with van der Waals surface area (Å²) in [5.41, 5.74) is -2.01. The predicted octanol–water partition coefficient (Wildman–Crippen LogP) is -0.345. The fourth-order valence-electron chi connectivity index (χ4n) is 2.65. The van der Waals surface area contributed by atoms with Gasteiger partial charge in [-0.2, -0.15) is 0 Å². The summed E-state index contributed by atoms with van der Waals surface area (Å²) in [5.74, 6) is 0. The van der Waals surface area contributed by atoms with Crippen LogP contribution in [0.15, 0.2) is 27.9 Å². The van der Waals surface area contributed by atoms with Crippen molar-refractivity contribution in [3.63, 3.8) is 0 Å². The summed E-state index contributed by atoms with van der Waals surface area (Å²) in [7, 11) is 0. The maximum Gasteiger partial charge on any atom is 0.328 e. The first-order chi connectivity index (χ1) is 9.37. The van der Waals surface area contributed by atoms with Crippen molar-refractivity contribution in [3.05, 3.63) is 44.8 Å². The average Bonchev–Trinajstić information content (AvgIpc) is 2.66. The van der Waals surface area contributed by atoms with Crippen molar-refractivity contribution in [1.29, 1.82) is 0 Å². The lowest BCUT2D eigenvalue weighted by molar-refractivity contribution is 0.0110. The van der Waals surface area contributed by atoms with Gasteiger partial charge < -0.3 is 10.2 Å². The monoisotopic (exact) mass is 284 g/mol. The lowest BCUT2D eigenvalue weighted by Gasteiger charge is -2.29. The van der Waals surface area contributed by atoms with Gasteiger partial charge in [-0.25, -0.2) is 9.18 Å². The van der Waals surface area contributed by atoms with Gasteiger partial charge in [0.25, 0.3) is 5.56 Å². The Kier molecular flexibility index (Phi) is 3.66. The summed E-state index contributed by atoms with van der Waals surface area (Å²) in [6.07, 6.45) is 0.290. The number of hydrogen-bond donors (Lipinski definition) is 3. The van der Waals surface area contributed by atoms with Crippen LogP contribution in [0.4, 0.5) is 4.39 Å². The van der Waals surface area contributed by atoms with Crippen LogP contribution in [0, 0.1) is 12.3 Å². The van der Waals surface area contributed by atoms with Gasteiger partial charge in [-0.05, 0) is 18.9 Å². The Morgan fingerprint density at radius 3 is 2.75 bits per heavy atom. The van der Waals surface area contributed by atoms with E-state index in [-0.39, 0.29) is 12.0 Å². The minimum Gasteiger partial charge on any atom is -0.395 e. The minimum atomic E-state index is -1.45. The molecule has 110 valence electrons. The number of hydrogen-bond acceptors (Lipinski definition) is 4. The largest absolute Gasteiger partial charge is 0.395 e. The van der Waals surface area contributed by atoms with E-state index in [2.05, 4.69) is 11.6 Å². The molecule has 1 aliphatic carbocycles. The Balaban J connectivity index is 2.52. The summed E-state index contributed by atoms with van der Waals surface area (Å²) >= 11 is 0. The summed E-state index contributed by atoms with van der Waals surface area (Å²) in [6.45, 7) is 3.73. The number of nitrogens with zero attached hydrogens (tertiary/aromatic N) is 1. The average molecular weight is 284 g/mol. The molecule has 6 nitrogen and oxygen atoms in total. The van der Waals surface area contributed by atoms with Crippen molar-refractivity contribution in [2.45, 2.75) is 25.5 Å². The summed E-state index contributed by atoms with van der Waals surface area (Å²) in [5, 5.41) is 19.4. The number of alkyl halides is 1. The molecule has 20 heavy (non-hydrogen) atoms. The molecule has 0 bridgehead atoms. The number of aliphatic hydroxyl groups is 2. The van der Waals surface area contributed by atoms with E-state index in [0.717, 1.165) is 0 Å². The van der Waals surface area contributed by atoms with Crippen LogP contribution < -0.4 is 11.2 Å². The van der Waals surface area contributed by atoms with Gasteiger partial charge >= 0.3 is 5.69 Å². The van der Waals surface area contributed by atoms with Crippen molar-refractivity contribution in [3.8, 4) is 0 Å². The van der Waals surface area contributed by atoms with E-state index in [0.29, 0.717) is 5.56 Å². The van der Waals surface area contributed by atoms with Gasteiger partial charge in [0, 0.05) is 11.8 Å². The van der Waals surface area contributed by atoms with Crippen LogP contribution in [0.1, 0.15) is 18.0 Å². The highest BCUT2D eigenvalue weighted by atomic mass is 19.1. The third kappa shape index (κ3) is 1.94. The normalized spacial score (nSPS) is 29.9. The zero-order valence-corrected chi connectivity index (χ0v) is 11.1. The van der Waals surface area contributed by atoms with Crippen LogP contribution in [0.3, 0.4) is 0 Å². The zero-order chi connectivity index (χ0) is 15.1. The molecule has 0 saturated heterocycles. The molecule has 0 aromatic carbocycles. The van der Waals surface area contributed by atoms with Gasteiger partial charge in [-0.1, -0.05) is 6.58 Å². The molecule has 0 unspecified atom stereocenters. The van der Waals surface area contributed by atoms with Crippen LogP contribution in [0.25, 0.3) is 0 Å². The van der Waals surface area contributed by atoms with Gasteiger partial charge in [0.15, 0.2) is 0 Å². The number of nitrogens with one attached hydrogen (secondary N) is 1. The van der Waals surface area contributed by atoms with E-state index in [1.54, 1.807) is 0 Å². The Morgan fingerprint density at radius 1 is 1.60 bits per heavy atom. The highest BCUT2D eigenvalue weighted by Gasteiger charge is 2.50. The first-order valence-corrected chi connectivity index (χ1v) is 6.23. The van der Waals surface area contributed by atoms with Crippen molar-refractivity contribution in [2.75, 3.05) is 13.3 Å². The standard InChI is InChI=1S/C13H17FN2O4/c1-7-4-16(12(20)15-11(7)19)9-3-10(18)13(5-14,6-17)8(9)2/h4,9-10,17-18H,2-3,5-6H2,1H3,(H,15,19,20)/t9-,10-,13-/m0/s1. The number of halogens is 1. The first kappa shape index (κ1) is 14.7. The molecule has 3 atom stereocenters. The number of aryl methyl sites for hydroxylation is 1. The fourth-order valence-corrected chi connectivity index (χ4v) is 2.65. The van der Waals surface area contributed by atoms with E-state index in [4.69, 9.17) is 0 Å². The predicted molar refractivity (Wildman–Crippen MR) is 70.4 cm³/mol. The van der Waals surface area contributed by atoms with E-state index >= 15 is 0 Å². The van der Waals surface area contributed by atoms with Crippen molar-refractivity contribution in [2.24, 2.45) is 5.41 Å². The summed E-state index contributed by atoms with van der Waals surface area (Å²) < 4.78 is 14.5. The Morgan fingerprint density at radius 2 is 2.25 bits per heavy atom. The van der Waals surface area contributed by atoms with E-state index in [9.17, 15) is 24.2 Å². The molecule has 1 saturated carbocycles. The lowest BCUT2D eigenvalue weighted by Crippen LogP contribution is -2.38. The number of H-pyrrole nitrogens is 1. The highest BCUT2D eigenvalue weighted by molar-refractivity contribution is 5.26. The minimum absolute atomic E-state index is 0.0642. The quantitative estimate of drug-likeness (QED) is 0.661. The molecule has 1 heterocycles. The molecule has 1 fully saturated rings.